The molecule has 2 aromatic carbocycles. The number of benzene rings is 2. The number of nitrogens with one attached hydrogen (secondary N) is 1. The van der Waals surface area contributed by atoms with Crippen molar-refractivity contribution in [1.82, 2.24) is 19.9 Å². The first kappa shape index (κ1) is 28.3. The van der Waals surface area contributed by atoms with Gasteiger partial charge in [-0.1, -0.05) is 44.2 Å². The van der Waals surface area contributed by atoms with Gasteiger partial charge in [-0.25, -0.2) is 14.8 Å². The van der Waals surface area contributed by atoms with E-state index in [2.05, 4.69) is 20.9 Å². The summed E-state index contributed by atoms with van der Waals surface area (Å²) in [6.07, 6.45) is 2.70. The van der Waals surface area contributed by atoms with Gasteiger partial charge in [0.05, 0.1) is 24.2 Å². The van der Waals surface area contributed by atoms with Crippen LogP contribution < -0.4 is 15.8 Å². The van der Waals surface area contributed by atoms with Crippen LogP contribution in [0, 0.1) is 5.92 Å². The second-order valence-corrected chi connectivity index (χ2v) is 10.0. The molecule has 9 nitrogen and oxygen atoms in total. The number of nitrogens with two attached hydrogens (primary N) is 1. The Balaban J connectivity index is 1.30. The van der Waals surface area contributed by atoms with E-state index in [1.54, 1.807) is 7.11 Å². The van der Waals surface area contributed by atoms with E-state index >= 15 is 0 Å². The quantitative estimate of drug-likeness (QED) is 0.170. The Morgan fingerprint density at radius 3 is 2.77 bits per heavy atom. The Bertz CT molecular complexity index is 1380. The van der Waals surface area contributed by atoms with Gasteiger partial charge in [-0.15, -0.1) is 0 Å². The fraction of sp³-hybridized carbons (Fsp3) is 0.433. The lowest BCUT2D eigenvalue weighted by molar-refractivity contribution is -0.147. The molecule has 3 N–H and O–H groups in total. The van der Waals surface area contributed by atoms with Crippen LogP contribution in [0.25, 0.3) is 21.9 Å². The molecular formula is C30H39N5O4. The summed E-state index contributed by atoms with van der Waals surface area (Å²) in [6.45, 7) is 7.33. The number of hydrogen-bond acceptors (Lipinski definition) is 8. The molecule has 0 saturated carbocycles. The van der Waals surface area contributed by atoms with Gasteiger partial charge in [0.2, 0.25) is 0 Å². The second kappa shape index (κ2) is 13.9. The van der Waals surface area contributed by atoms with Crippen LogP contribution >= 0.6 is 0 Å². The zero-order chi connectivity index (χ0) is 27.6. The fourth-order valence-electron chi connectivity index (χ4n) is 4.47. The topological polar surface area (TPSA) is 114 Å². The molecule has 0 amide bonds. The molecule has 0 aliphatic heterocycles. The zero-order valence-corrected chi connectivity index (χ0v) is 23.1. The first-order chi connectivity index (χ1) is 19.0. The third kappa shape index (κ3) is 7.68. The Hall–Kier alpha value is -3.69. The summed E-state index contributed by atoms with van der Waals surface area (Å²) in [5.74, 6) is 2.04. The third-order valence-electron chi connectivity index (χ3n) is 6.37. The van der Waals surface area contributed by atoms with E-state index in [0.717, 1.165) is 65.8 Å². The minimum atomic E-state index is -0.352. The number of pyridine rings is 1. The maximum absolute atomic E-state index is 11.8. The van der Waals surface area contributed by atoms with Crippen molar-refractivity contribution in [3.63, 3.8) is 0 Å². The number of para-hydroxylation sites is 1. The predicted octanol–water partition coefficient (Wildman–Crippen LogP) is 4.50. The number of fused-ring (bicyclic) bond motifs is 3. The average molecular weight is 534 g/mol. The van der Waals surface area contributed by atoms with Crippen LogP contribution in [-0.4, -0.2) is 54.0 Å². The SMILES string of the molecule is COCCc1nc2c(N)nc3ccccc3c2n1CCCCNCc1cccc(OCC(=O)OCC(C)C)c1. The number of ether oxygens (including phenoxy) is 3. The number of aromatic nitrogens is 3. The summed E-state index contributed by atoms with van der Waals surface area (Å²) in [4.78, 5) is 21.2. The van der Waals surface area contributed by atoms with Gasteiger partial charge in [0.15, 0.2) is 12.4 Å². The van der Waals surface area contributed by atoms with E-state index in [4.69, 9.17) is 24.9 Å². The molecule has 4 rings (SSSR count). The van der Waals surface area contributed by atoms with Crippen molar-refractivity contribution in [2.45, 2.75) is 46.2 Å². The monoisotopic (exact) mass is 533 g/mol. The number of methoxy groups -OCH3 is 1. The van der Waals surface area contributed by atoms with E-state index in [1.807, 2.05) is 56.3 Å². The van der Waals surface area contributed by atoms with Crippen molar-refractivity contribution >= 4 is 33.7 Å². The van der Waals surface area contributed by atoms with Gasteiger partial charge < -0.3 is 29.8 Å². The van der Waals surface area contributed by atoms with E-state index in [1.165, 1.54) is 0 Å². The molecule has 0 fully saturated rings. The fourth-order valence-corrected chi connectivity index (χ4v) is 4.47. The van der Waals surface area contributed by atoms with Gasteiger partial charge in [0, 0.05) is 32.0 Å². The van der Waals surface area contributed by atoms with E-state index < -0.39 is 0 Å². The smallest absolute Gasteiger partial charge is 0.344 e. The summed E-state index contributed by atoms with van der Waals surface area (Å²) in [6, 6.07) is 15.8. The molecule has 208 valence electrons. The zero-order valence-electron chi connectivity index (χ0n) is 23.1. The highest BCUT2D eigenvalue weighted by atomic mass is 16.6. The van der Waals surface area contributed by atoms with Crippen LogP contribution in [-0.2, 0) is 33.8 Å². The number of anilines is 1. The molecule has 0 aliphatic rings. The number of carbonyl (C=O) groups is 1. The largest absolute Gasteiger partial charge is 0.482 e. The van der Waals surface area contributed by atoms with Crippen LogP contribution in [0.5, 0.6) is 5.75 Å². The molecule has 0 spiro atoms. The number of esters is 1. The standard InChI is InChI=1S/C30H39N5O4/c1-21(2)19-39-27(36)20-38-23-10-8-9-22(17-23)18-32-14-6-7-15-35-26(13-16-37-3)34-28-29(35)24-11-4-5-12-25(24)33-30(28)31/h4-5,8-12,17,21,32H,6-7,13-16,18-20H2,1-3H3,(H2,31,33). The molecule has 0 bridgehead atoms. The summed E-state index contributed by atoms with van der Waals surface area (Å²) in [5, 5.41) is 4.57. The first-order valence-electron chi connectivity index (χ1n) is 13.6. The van der Waals surface area contributed by atoms with Crippen molar-refractivity contribution in [1.29, 1.82) is 0 Å². The number of imidazole rings is 1. The molecule has 9 heteroatoms. The van der Waals surface area contributed by atoms with Crippen molar-refractivity contribution in [2.24, 2.45) is 5.92 Å². The summed E-state index contributed by atoms with van der Waals surface area (Å²) >= 11 is 0. The lowest BCUT2D eigenvalue weighted by atomic mass is 10.2. The molecule has 39 heavy (non-hydrogen) atoms. The van der Waals surface area contributed by atoms with E-state index in [0.29, 0.717) is 37.1 Å². The van der Waals surface area contributed by atoms with Gasteiger partial charge in [-0.2, -0.15) is 0 Å². The van der Waals surface area contributed by atoms with Crippen LogP contribution in [0.3, 0.4) is 0 Å². The van der Waals surface area contributed by atoms with Crippen LogP contribution in [0.4, 0.5) is 5.82 Å². The predicted molar refractivity (Wildman–Crippen MR) is 154 cm³/mol. The Morgan fingerprint density at radius 1 is 1.10 bits per heavy atom. The number of carbonyl (C=O) groups excluding carboxylic acids is 1. The number of aryl methyl sites for hydroxylation is 1. The lowest BCUT2D eigenvalue weighted by Crippen LogP contribution is -2.18. The molecule has 0 atom stereocenters. The number of rotatable bonds is 15. The van der Waals surface area contributed by atoms with Crippen LogP contribution in [0.2, 0.25) is 0 Å². The van der Waals surface area contributed by atoms with Crippen LogP contribution in [0.15, 0.2) is 48.5 Å². The van der Waals surface area contributed by atoms with Crippen LogP contribution in [0.1, 0.15) is 38.1 Å². The van der Waals surface area contributed by atoms with Gasteiger partial charge in [-0.05, 0) is 49.1 Å². The Morgan fingerprint density at radius 2 is 1.95 bits per heavy atom. The summed E-state index contributed by atoms with van der Waals surface area (Å²) in [7, 11) is 1.70. The van der Waals surface area contributed by atoms with Crippen molar-refractivity contribution in [3.8, 4) is 5.75 Å². The molecule has 0 saturated heterocycles. The van der Waals surface area contributed by atoms with Crippen molar-refractivity contribution in [3.05, 3.63) is 59.9 Å². The molecular weight excluding hydrogens is 494 g/mol. The number of hydrogen-bond donors (Lipinski definition) is 2. The molecule has 0 unspecified atom stereocenters. The maximum Gasteiger partial charge on any atom is 0.344 e. The molecule has 0 radical (unpaired) electrons. The Labute approximate surface area is 229 Å². The van der Waals surface area contributed by atoms with Gasteiger partial charge in [-0.3, -0.25) is 0 Å². The summed E-state index contributed by atoms with van der Waals surface area (Å²) < 4.78 is 18.4. The maximum atomic E-state index is 11.8. The first-order valence-corrected chi connectivity index (χ1v) is 13.6. The average Bonchev–Trinajstić information content (AvgIpc) is 3.31. The third-order valence-corrected chi connectivity index (χ3v) is 6.37. The van der Waals surface area contributed by atoms with Gasteiger partial charge in [0.1, 0.15) is 17.1 Å². The minimum Gasteiger partial charge on any atom is -0.482 e. The highest BCUT2D eigenvalue weighted by molar-refractivity contribution is 6.06. The van der Waals surface area contributed by atoms with Gasteiger partial charge in [0.25, 0.3) is 0 Å². The molecule has 4 aromatic rings. The lowest BCUT2D eigenvalue weighted by Gasteiger charge is -2.12. The van der Waals surface area contributed by atoms with Gasteiger partial charge >= 0.3 is 5.97 Å². The number of nitrogens with zero attached hydrogens (tertiary/aromatic N) is 3. The highest BCUT2D eigenvalue weighted by Crippen LogP contribution is 2.29. The van der Waals surface area contributed by atoms with E-state index in [-0.39, 0.29) is 12.6 Å². The summed E-state index contributed by atoms with van der Waals surface area (Å²) in [5.41, 5.74) is 10.1. The second-order valence-electron chi connectivity index (χ2n) is 10.0. The van der Waals surface area contributed by atoms with Crippen molar-refractivity contribution < 1.29 is 19.0 Å². The minimum absolute atomic E-state index is 0.0874. The van der Waals surface area contributed by atoms with Crippen molar-refractivity contribution in [2.75, 3.05) is 39.2 Å². The number of nitrogen functional groups attached to an aromatic ring is 1. The normalized spacial score (nSPS) is 11.5. The Kier molecular flexibility index (Phi) is 10.1. The highest BCUT2D eigenvalue weighted by Gasteiger charge is 2.17. The number of unbranched alkanes of at least 4 members (excludes halogenated alkanes) is 1. The molecule has 0 aliphatic carbocycles. The van der Waals surface area contributed by atoms with E-state index in [9.17, 15) is 4.79 Å². The molecule has 2 heterocycles. The molecule has 2 aromatic heterocycles.